The number of nitrogens with one attached hydrogen (secondary N) is 1. The number of aliphatic carboxylic acids is 1. The van der Waals surface area contributed by atoms with E-state index in [1.165, 1.54) is 32.1 Å². The van der Waals surface area contributed by atoms with Crippen LogP contribution in [-0.4, -0.2) is 29.6 Å². The Hall–Kier alpha value is -1.10. The maximum absolute atomic E-state index is 11.4. The standard InChI is InChI=1S/C12H22N2O3/c13-10(8-11(15)16)12(17)14-7-6-9-4-2-1-3-5-9/h9-10H,1-8,13H2,(H,14,17)(H,15,16). The van der Waals surface area contributed by atoms with Crippen molar-refractivity contribution in [3.8, 4) is 0 Å². The van der Waals surface area contributed by atoms with Gasteiger partial charge in [-0.15, -0.1) is 0 Å². The Morgan fingerprint density at radius 2 is 1.94 bits per heavy atom. The third-order valence-corrected chi connectivity index (χ3v) is 3.31. The summed E-state index contributed by atoms with van der Waals surface area (Å²) in [7, 11) is 0. The molecule has 0 spiro atoms. The van der Waals surface area contributed by atoms with Crippen LogP contribution in [0.5, 0.6) is 0 Å². The quantitative estimate of drug-likeness (QED) is 0.644. The van der Waals surface area contributed by atoms with Crippen molar-refractivity contribution in [3.05, 3.63) is 0 Å². The zero-order valence-electron chi connectivity index (χ0n) is 10.2. The lowest BCUT2D eigenvalue weighted by Gasteiger charge is -2.21. The minimum Gasteiger partial charge on any atom is -0.481 e. The van der Waals surface area contributed by atoms with Gasteiger partial charge in [0, 0.05) is 6.54 Å². The van der Waals surface area contributed by atoms with Crippen molar-refractivity contribution >= 4 is 11.9 Å². The van der Waals surface area contributed by atoms with Crippen molar-refractivity contribution in [2.75, 3.05) is 6.54 Å². The molecule has 1 rings (SSSR count). The number of nitrogens with two attached hydrogens (primary N) is 1. The van der Waals surface area contributed by atoms with Crippen molar-refractivity contribution in [3.63, 3.8) is 0 Å². The Bertz CT molecular complexity index is 262. The maximum atomic E-state index is 11.4. The average molecular weight is 242 g/mol. The van der Waals surface area contributed by atoms with Crippen LogP contribution in [0.2, 0.25) is 0 Å². The lowest BCUT2D eigenvalue weighted by molar-refractivity contribution is -0.139. The van der Waals surface area contributed by atoms with Crippen molar-refractivity contribution in [1.29, 1.82) is 0 Å². The lowest BCUT2D eigenvalue weighted by atomic mass is 9.87. The summed E-state index contributed by atoms with van der Waals surface area (Å²) in [6, 6.07) is -0.932. The van der Waals surface area contributed by atoms with Gasteiger partial charge < -0.3 is 16.2 Å². The molecule has 1 saturated carbocycles. The van der Waals surface area contributed by atoms with Crippen LogP contribution >= 0.6 is 0 Å². The molecule has 0 radical (unpaired) electrons. The molecule has 0 saturated heterocycles. The number of hydrogen-bond donors (Lipinski definition) is 3. The Kier molecular flexibility index (Phi) is 5.97. The lowest BCUT2D eigenvalue weighted by Crippen LogP contribution is -2.42. The minimum absolute atomic E-state index is 0.310. The SMILES string of the molecule is NC(CC(=O)O)C(=O)NCCC1CCCCC1. The van der Waals surface area contributed by atoms with Gasteiger partial charge >= 0.3 is 5.97 Å². The summed E-state index contributed by atoms with van der Waals surface area (Å²) in [5.41, 5.74) is 5.44. The van der Waals surface area contributed by atoms with E-state index >= 15 is 0 Å². The van der Waals surface area contributed by atoms with Gasteiger partial charge in [0.1, 0.15) is 0 Å². The summed E-state index contributed by atoms with van der Waals surface area (Å²) in [5.74, 6) is -0.692. The molecule has 1 fully saturated rings. The van der Waals surface area contributed by atoms with Gasteiger partial charge in [0.15, 0.2) is 0 Å². The van der Waals surface area contributed by atoms with E-state index in [2.05, 4.69) is 5.32 Å². The van der Waals surface area contributed by atoms with E-state index in [-0.39, 0.29) is 12.3 Å². The van der Waals surface area contributed by atoms with Gasteiger partial charge in [-0.3, -0.25) is 9.59 Å². The fourth-order valence-electron chi connectivity index (χ4n) is 2.29. The Morgan fingerprint density at radius 3 is 2.53 bits per heavy atom. The summed E-state index contributed by atoms with van der Waals surface area (Å²) in [5, 5.41) is 11.2. The first kappa shape index (κ1) is 14.0. The first-order chi connectivity index (χ1) is 8.09. The zero-order valence-corrected chi connectivity index (χ0v) is 10.2. The Labute approximate surface area is 102 Å². The minimum atomic E-state index is -1.04. The molecule has 1 aliphatic carbocycles. The second-order valence-corrected chi connectivity index (χ2v) is 4.79. The molecule has 1 unspecified atom stereocenters. The van der Waals surface area contributed by atoms with Gasteiger partial charge in [-0.25, -0.2) is 0 Å². The number of carboxylic acid groups (broad SMARTS) is 1. The molecule has 0 aromatic heterocycles. The number of carboxylic acids is 1. The number of carbonyl (C=O) groups excluding carboxylic acids is 1. The van der Waals surface area contributed by atoms with Crippen molar-refractivity contribution in [1.82, 2.24) is 5.32 Å². The molecule has 1 amide bonds. The first-order valence-electron chi connectivity index (χ1n) is 6.34. The van der Waals surface area contributed by atoms with Crippen LogP contribution in [0.1, 0.15) is 44.9 Å². The van der Waals surface area contributed by atoms with E-state index in [4.69, 9.17) is 10.8 Å². The topological polar surface area (TPSA) is 92.4 Å². The molecule has 0 aromatic carbocycles. The first-order valence-corrected chi connectivity index (χ1v) is 6.34. The number of amides is 1. The second-order valence-electron chi connectivity index (χ2n) is 4.79. The van der Waals surface area contributed by atoms with E-state index in [0.29, 0.717) is 12.5 Å². The van der Waals surface area contributed by atoms with E-state index in [0.717, 1.165) is 6.42 Å². The average Bonchev–Trinajstić information content (AvgIpc) is 2.29. The highest BCUT2D eigenvalue weighted by Crippen LogP contribution is 2.25. The summed E-state index contributed by atoms with van der Waals surface area (Å²) >= 11 is 0. The molecule has 98 valence electrons. The fourth-order valence-corrected chi connectivity index (χ4v) is 2.29. The van der Waals surface area contributed by atoms with Crippen LogP contribution in [0.25, 0.3) is 0 Å². The predicted octanol–water partition coefficient (Wildman–Crippen LogP) is 0.875. The molecule has 0 bridgehead atoms. The van der Waals surface area contributed by atoms with E-state index in [9.17, 15) is 9.59 Å². The monoisotopic (exact) mass is 242 g/mol. The molecule has 1 aliphatic rings. The van der Waals surface area contributed by atoms with Crippen LogP contribution < -0.4 is 11.1 Å². The molecular formula is C12H22N2O3. The van der Waals surface area contributed by atoms with Crippen LogP contribution in [0.15, 0.2) is 0 Å². The van der Waals surface area contributed by atoms with Crippen LogP contribution in [-0.2, 0) is 9.59 Å². The molecule has 0 heterocycles. The maximum Gasteiger partial charge on any atom is 0.305 e. The third-order valence-electron chi connectivity index (χ3n) is 3.31. The highest BCUT2D eigenvalue weighted by atomic mass is 16.4. The van der Waals surface area contributed by atoms with Crippen molar-refractivity contribution in [2.45, 2.75) is 51.0 Å². The second kappa shape index (κ2) is 7.27. The van der Waals surface area contributed by atoms with Gasteiger partial charge in [-0.1, -0.05) is 32.1 Å². The Balaban J connectivity index is 2.12. The van der Waals surface area contributed by atoms with Crippen molar-refractivity contribution in [2.24, 2.45) is 11.7 Å². The molecule has 0 aromatic rings. The van der Waals surface area contributed by atoms with Crippen molar-refractivity contribution < 1.29 is 14.7 Å². The fraction of sp³-hybridized carbons (Fsp3) is 0.833. The summed E-state index contributed by atoms with van der Waals surface area (Å²) in [6.07, 6.45) is 7.07. The molecule has 0 aliphatic heterocycles. The molecule has 5 nitrogen and oxygen atoms in total. The van der Waals surface area contributed by atoms with Gasteiger partial charge in [0.25, 0.3) is 0 Å². The number of rotatable bonds is 6. The van der Waals surface area contributed by atoms with E-state index < -0.39 is 12.0 Å². The van der Waals surface area contributed by atoms with Crippen LogP contribution in [0, 0.1) is 5.92 Å². The third kappa shape index (κ3) is 5.68. The normalized spacial score (nSPS) is 18.6. The molecule has 1 atom stereocenters. The smallest absolute Gasteiger partial charge is 0.305 e. The Morgan fingerprint density at radius 1 is 1.29 bits per heavy atom. The van der Waals surface area contributed by atoms with Crippen LogP contribution in [0.4, 0.5) is 0 Å². The van der Waals surface area contributed by atoms with E-state index in [1.54, 1.807) is 0 Å². The summed E-state index contributed by atoms with van der Waals surface area (Å²) in [6.45, 7) is 0.608. The predicted molar refractivity (Wildman–Crippen MR) is 64.4 cm³/mol. The molecule has 5 heteroatoms. The van der Waals surface area contributed by atoms with Crippen LogP contribution in [0.3, 0.4) is 0 Å². The van der Waals surface area contributed by atoms with Gasteiger partial charge in [-0.2, -0.15) is 0 Å². The van der Waals surface area contributed by atoms with Gasteiger partial charge in [-0.05, 0) is 12.3 Å². The summed E-state index contributed by atoms with van der Waals surface area (Å²) < 4.78 is 0. The molecule has 17 heavy (non-hydrogen) atoms. The molecular weight excluding hydrogens is 220 g/mol. The number of hydrogen-bond acceptors (Lipinski definition) is 3. The van der Waals surface area contributed by atoms with Gasteiger partial charge in [0.05, 0.1) is 12.5 Å². The van der Waals surface area contributed by atoms with E-state index in [1.807, 2.05) is 0 Å². The largest absolute Gasteiger partial charge is 0.481 e. The number of carbonyl (C=O) groups is 2. The zero-order chi connectivity index (χ0) is 12.7. The summed E-state index contributed by atoms with van der Waals surface area (Å²) in [4.78, 5) is 21.8. The van der Waals surface area contributed by atoms with Gasteiger partial charge in [0.2, 0.25) is 5.91 Å². The highest BCUT2D eigenvalue weighted by Gasteiger charge is 2.17. The molecule has 4 N–H and O–H groups in total. The highest BCUT2D eigenvalue weighted by molar-refractivity contribution is 5.85.